The molecule has 0 aliphatic rings. The van der Waals surface area contributed by atoms with Gasteiger partial charge in [-0.3, -0.25) is 4.79 Å². The Morgan fingerprint density at radius 3 is 2.25 bits per heavy atom. The number of halogens is 4. The Bertz CT molecular complexity index is 557. The Labute approximate surface area is 116 Å². The van der Waals surface area contributed by atoms with Gasteiger partial charge in [-0.05, 0) is 25.1 Å². The average Bonchev–Trinajstić information content (AvgIpc) is 2.29. The number of hydrogen-bond donors (Lipinski definition) is 3. The molecule has 1 aromatic carbocycles. The van der Waals surface area contributed by atoms with Gasteiger partial charge >= 0.3 is 12.1 Å². The Hall–Kier alpha value is -1.80. The number of carbonyl (C=O) groups is 2. The maximum atomic E-state index is 12.4. The number of carboxylic acid groups (broad SMARTS) is 1. The van der Waals surface area contributed by atoms with E-state index in [0.29, 0.717) is 6.92 Å². The van der Waals surface area contributed by atoms with Crippen molar-refractivity contribution >= 4 is 29.2 Å². The number of carboxylic acids is 1. The van der Waals surface area contributed by atoms with E-state index in [4.69, 9.17) is 21.8 Å². The number of alkyl halides is 3. The normalized spacial score (nSPS) is 14.5. The van der Waals surface area contributed by atoms with Gasteiger partial charge in [-0.2, -0.15) is 13.2 Å². The van der Waals surface area contributed by atoms with Gasteiger partial charge in [0.05, 0.1) is 16.3 Å². The Morgan fingerprint density at radius 2 is 1.85 bits per heavy atom. The molecule has 0 saturated carbocycles. The molecule has 1 rings (SSSR count). The predicted octanol–water partition coefficient (Wildman–Crippen LogP) is 2.29. The summed E-state index contributed by atoms with van der Waals surface area (Å²) in [5.74, 6) is -3.01. The number of nitrogens with one attached hydrogen (secondary N) is 1. The quantitative estimate of drug-likeness (QED) is 0.799. The molecule has 3 N–H and O–H groups in total. The Kier molecular flexibility index (Phi) is 4.30. The molecule has 0 spiro atoms. The van der Waals surface area contributed by atoms with Gasteiger partial charge in [0.15, 0.2) is 0 Å². The van der Waals surface area contributed by atoms with E-state index in [-0.39, 0.29) is 16.3 Å². The summed E-state index contributed by atoms with van der Waals surface area (Å²) < 4.78 is 37.3. The number of hydrogen-bond acceptors (Lipinski definition) is 3. The molecule has 0 saturated heterocycles. The summed E-state index contributed by atoms with van der Waals surface area (Å²) in [7, 11) is 0. The van der Waals surface area contributed by atoms with Crippen LogP contribution in [0, 0.1) is 0 Å². The maximum Gasteiger partial charge on any atom is 0.426 e. The number of benzene rings is 1. The highest BCUT2D eigenvalue weighted by Crippen LogP contribution is 2.32. The standard InChI is InChI=1S/C11H9ClF3NO4/c1-10(20,11(13,14)15)9(19)16-7-3-2-5(8(17)18)4-6(7)12/h2-4,20H,1H3,(H,16,19)(H,17,18)/t10-/m1/s1. The summed E-state index contributed by atoms with van der Waals surface area (Å²) in [5.41, 5.74) is -4.04. The molecule has 0 radical (unpaired) electrons. The van der Waals surface area contributed by atoms with Crippen molar-refractivity contribution in [3.63, 3.8) is 0 Å². The minimum Gasteiger partial charge on any atom is -0.478 e. The second-order valence-electron chi connectivity index (χ2n) is 4.02. The summed E-state index contributed by atoms with van der Waals surface area (Å²) in [5, 5.41) is 19.3. The topological polar surface area (TPSA) is 86.6 Å². The van der Waals surface area contributed by atoms with Gasteiger partial charge < -0.3 is 15.5 Å². The molecule has 9 heteroatoms. The molecule has 0 aliphatic heterocycles. The zero-order chi connectivity index (χ0) is 15.7. The van der Waals surface area contributed by atoms with Crippen LogP contribution in [0.5, 0.6) is 0 Å². The van der Waals surface area contributed by atoms with Crippen molar-refractivity contribution in [2.24, 2.45) is 0 Å². The summed E-state index contributed by atoms with van der Waals surface area (Å²) in [4.78, 5) is 22.0. The van der Waals surface area contributed by atoms with Gasteiger partial charge in [0.2, 0.25) is 5.60 Å². The van der Waals surface area contributed by atoms with Crippen LogP contribution in [0.1, 0.15) is 17.3 Å². The minimum absolute atomic E-state index is 0.199. The zero-order valence-corrected chi connectivity index (χ0v) is 10.7. The van der Waals surface area contributed by atoms with Crippen molar-refractivity contribution in [2.45, 2.75) is 18.7 Å². The first kappa shape index (κ1) is 16.3. The molecule has 110 valence electrons. The fraction of sp³-hybridized carbons (Fsp3) is 0.273. The molecular weight excluding hydrogens is 303 g/mol. The van der Waals surface area contributed by atoms with Crippen molar-refractivity contribution in [1.29, 1.82) is 0 Å². The second kappa shape index (κ2) is 5.29. The summed E-state index contributed by atoms with van der Waals surface area (Å²) in [6, 6.07) is 3.03. The van der Waals surface area contributed by atoms with Crippen LogP contribution in [0.4, 0.5) is 18.9 Å². The van der Waals surface area contributed by atoms with E-state index >= 15 is 0 Å². The number of aliphatic hydroxyl groups is 1. The van der Waals surface area contributed by atoms with Gasteiger partial charge in [0.25, 0.3) is 5.91 Å². The SMILES string of the molecule is C[C@@](O)(C(=O)Nc1ccc(C(=O)O)cc1Cl)C(F)(F)F. The maximum absolute atomic E-state index is 12.4. The number of rotatable bonds is 3. The van der Waals surface area contributed by atoms with Crippen molar-refractivity contribution in [1.82, 2.24) is 0 Å². The van der Waals surface area contributed by atoms with Crippen LogP contribution in [-0.4, -0.2) is 33.9 Å². The van der Waals surface area contributed by atoms with Gasteiger partial charge in [0, 0.05) is 0 Å². The first-order chi connectivity index (χ1) is 8.96. The number of carbonyl (C=O) groups excluding carboxylic acids is 1. The highest BCUT2D eigenvalue weighted by atomic mass is 35.5. The Balaban J connectivity index is 3.00. The monoisotopic (exact) mass is 311 g/mol. The van der Waals surface area contributed by atoms with Gasteiger partial charge in [-0.15, -0.1) is 0 Å². The molecule has 1 amide bonds. The molecule has 20 heavy (non-hydrogen) atoms. The summed E-state index contributed by atoms with van der Waals surface area (Å²) >= 11 is 5.64. The van der Waals surface area contributed by atoms with Crippen molar-refractivity contribution in [3.8, 4) is 0 Å². The molecule has 5 nitrogen and oxygen atoms in total. The second-order valence-corrected chi connectivity index (χ2v) is 4.43. The highest BCUT2D eigenvalue weighted by molar-refractivity contribution is 6.34. The van der Waals surface area contributed by atoms with E-state index in [1.807, 2.05) is 0 Å². The van der Waals surface area contributed by atoms with Crippen LogP contribution >= 0.6 is 11.6 Å². The van der Waals surface area contributed by atoms with Crippen LogP contribution in [0.15, 0.2) is 18.2 Å². The first-order valence-electron chi connectivity index (χ1n) is 5.10. The highest BCUT2D eigenvalue weighted by Gasteiger charge is 2.55. The fourth-order valence-corrected chi connectivity index (χ4v) is 1.35. The molecule has 0 fully saturated rings. The number of amides is 1. The van der Waals surface area contributed by atoms with Crippen molar-refractivity contribution in [3.05, 3.63) is 28.8 Å². The van der Waals surface area contributed by atoms with Crippen LogP contribution < -0.4 is 5.32 Å². The summed E-state index contributed by atoms with van der Waals surface area (Å²) in [6.45, 7) is 0.294. The third kappa shape index (κ3) is 3.20. The molecular formula is C11H9ClF3NO4. The van der Waals surface area contributed by atoms with Gasteiger partial charge in [-0.25, -0.2) is 4.79 Å². The van der Waals surface area contributed by atoms with Crippen molar-refractivity contribution in [2.75, 3.05) is 5.32 Å². The van der Waals surface area contributed by atoms with Gasteiger partial charge in [0.1, 0.15) is 0 Å². The predicted molar refractivity (Wildman–Crippen MR) is 63.7 cm³/mol. The zero-order valence-electron chi connectivity index (χ0n) is 9.95. The first-order valence-corrected chi connectivity index (χ1v) is 5.48. The fourth-order valence-electron chi connectivity index (χ4n) is 1.12. The molecule has 1 atom stereocenters. The number of anilines is 1. The summed E-state index contributed by atoms with van der Waals surface area (Å²) in [6.07, 6.45) is -5.16. The van der Waals surface area contributed by atoms with Crippen LogP contribution in [0.25, 0.3) is 0 Å². The molecule has 0 aliphatic carbocycles. The van der Waals surface area contributed by atoms with Crippen LogP contribution in [0.2, 0.25) is 5.02 Å². The van der Waals surface area contributed by atoms with E-state index in [1.54, 1.807) is 5.32 Å². The lowest BCUT2D eigenvalue weighted by molar-refractivity contribution is -0.242. The molecule has 1 aromatic rings. The molecule has 0 bridgehead atoms. The lowest BCUT2D eigenvalue weighted by Gasteiger charge is -2.25. The third-order valence-corrected chi connectivity index (χ3v) is 2.77. The lowest BCUT2D eigenvalue weighted by atomic mass is 10.1. The molecule has 0 heterocycles. The van der Waals surface area contributed by atoms with E-state index in [0.717, 1.165) is 18.2 Å². The van der Waals surface area contributed by atoms with E-state index in [9.17, 15) is 22.8 Å². The Morgan fingerprint density at radius 1 is 1.30 bits per heavy atom. The van der Waals surface area contributed by atoms with Crippen molar-refractivity contribution < 1.29 is 33.0 Å². The lowest BCUT2D eigenvalue weighted by Crippen LogP contribution is -2.52. The average molecular weight is 312 g/mol. The molecule has 0 unspecified atom stereocenters. The van der Waals surface area contributed by atoms with E-state index in [1.165, 1.54) is 0 Å². The van der Waals surface area contributed by atoms with Gasteiger partial charge in [-0.1, -0.05) is 11.6 Å². The third-order valence-electron chi connectivity index (χ3n) is 2.46. The van der Waals surface area contributed by atoms with Crippen LogP contribution in [0.3, 0.4) is 0 Å². The smallest absolute Gasteiger partial charge is 0.426 e. The van der Waals surface area contributed by atoms with E-state index < -0.39 is 23.7 Å². The molecule has 0 aromatic heterocycles. The largest absolute Gasteiger partial charge is 0.478 e. The van der Waals surface area contributed by atoms with Crippen LogP contribution in [-0.2, 0) is 4.79 Å². The minimum atomic E-state index is -5.16. The number of aromatic carboxylic acids is 1. The van der Waals surface area contributed by atoms with E-state index in [2.05, 4.69) is 0 Å².